The molecule has 1 unspecified atom stereocenters. The van der Waals surface area contributed by atoms with Gasteiger partial charge < -0.3 is 5.32 Å². The second-order valence-corrected chi connectivity index (χ2v) is 7.07. The molecule has 21 heavy (non-hydrogen) atoms. The highest BCUT2D eigenvalue weighted by molar-refractivity contribution is 9.10. The van der Waals surface area contributed by atoms with Gasteiger partial charge in [0.25, 0.3) is 0 Å². The summed E-state index contributed by atoms with van der Waals surface area (Å²) in [5, 5.41) is 3.59. The SMILES string of the molecule is CCCNC(Cc1cccc(F)c1Br)c1ccc(CC)s1. The third-order valence-corrected chi connectivity index (χ3v) is 5.70. The van der Waals surface area contributed by atoms with Crippen LogP contribution in [0.4, 0.5) is 4.39 Å². The highest BCUT2D eigenvalue weighted by Crippen LogP contribution is 2.30. The summed E-state index contributed by atoms with van der Waals surface area (Å²) in [5.41, 5.74) is 1.01. The van der Waals surface area contributed by atoms with Gasteiger partial charge in [0.1, 0.15) is 5.82 Å². The Labute approximate surface area is 138 Å². The van der Waals surface area contributed by atoms with Gasteiger partial charge in [0.2, 0.25) is 0 Å². The number of aryl methyl sites for hydroxylation is 1. The minimum absolute atomic E-state index is 0.192. The first-order valence-electron chi connectivity index (χ1n) is 7.40. The molecule has 2 aromatic rings. The van der Waals surface area contributed by atoms with Crippen LogP contribution in [-0.2, 0) is 12.8 Å². The zero-order valence-electron chi connectivity index (χ0n) is 12.5. The van der Waals surface area contributed by atoms with E-state index in [-0.39, 0.29) is 11.9 Å². The van der Waals surface area contributed by atoms with Crippen molar-refractivity contribution in [1.29, 1.82) is 0 Å². The lowest BCUT2D eigenvalue weighted by molar-refractivity contribution is 0.533. The summed E-state index contributed by atoms with van der Waals surface area (Å²) < 4.78 is 14.3. The lowest BCUT2D eigenvalue weighted by atomic mass is 10.0. The van der Waals surface area contributed by atoms with E-state index in [1.165, 1.54) is 15.8 Å². The highest BCUT2D eigenvalue weighted by Gasteiger charge is 2.16. The molecule has 0 aliphatic rings. The molecule has 0 aliphatic carbocycles. The maximum Gasteiger partial charge on any atom is 0.137 e. The van der Waals surface area contributed by atoms with Crippen molar-refractivity contribution < 1.29 is 4.39 Å². The van der Waals surface area contributed by atoms with Crippen molar-refractivity contribution in [1.82, 2.24) is 5.32 Å². The van der Waals surface area contributed by atoms with Crippen LogP contribution >= 0.6 is 27.3 Å². The van der Waals surface area contributed by atoms with Crippen LogP contribution in [0.5, 0.6) is 0 Å². The van der Waals surface area contributed by atoms with Gasteiger partial charge in [-0.25, -0.2) is 4.39 Å². The second-order valence-electron chi connectivity index (χ2n) is 5.08. The molecule has 114 valence electrons. The van der Waals surface area contributed by atoms with E-state index in [0.717, 1.165) is 31.4 Å². The molecule has 1 aromatic heterocycles. The summed E-state index contributed by atoms with van der Waals surface area (Å²) in [7, 11) is 0. The fourth-order valence-electron chi connectivity index (χ4n) is 2.29. The van der Waals surface area contributed by atoms with Gasteiger partial charge in [-0.3, -0.25) is 0 Å². The van der Waals surface area contributed by atoms with Crippen molar-refractivity contribution in [2.45, 2.75) is 39.2 Å². The van der Waals surface area contributed by atoms with Crippen LogP contribution in [0.2, 0.25) is 0 Å². The number of benzene rings is 1. The molecule has 4 heteroatoms. The van der Waals surface area contributed by atoms with Gasteiger partial charge in [-0.2, -0.15) is 0 Å². The molecule has 0 bridgehead atoms. The van der Waals surface area contributed by atoms with Gasteiger partial charge in [-0.05, 0) is 65.5 Å². The third kappa shape index (κ3) is 4.38. The Morgan fingerprint density at radius 2 is 2.05 bits per heavy atom. The van der Waals surface area contributed by atoms with Crippen molar-refractivity contribution in [3.05, 3.63) is 55.9 Å². The largest absolute Gasteiger partial charge is 0.309 e. The number of thiophene rings is 1. The number of rotatable bonds is 7. The van der Waals surface area contributed by atoms with E-state index in [4.69, 9.17) is 0 Å². The van der Waals surface area contributed by atoms with E-state index < -0.39 is 0 Å². The number of hydrogen-bond acceptors (Lipinski definition) is 2. The van der Waals surface area contributed by atoms with Gasteiger partial charge in [0.05, 0.1) is 4.47 Å². The molecule has 1 N–H and O–H groups in total. The monoisotopic (exact) mass is 369 g/mol. The second kappa shape index (κ2) is 8.06. The van der Waals surface area contributed by atoms with E-state index in [9.17, 15) is 4.39 Å². The van der Waals surface area contributed by atoms with Crippen molar-refractivity contribution >= 4 is 27.3 Å². The zero-order valence-corrected chi connectivity index (χ0v) is 14.9. The Balaban J connectivity index is 2.21. The van der Waals surface area contributed by atoms with Crippen LogP contribution < -0.4 is 5.32 Å². The van der Waals surface area contributed by atoms with Crippen molar-refractivity contribution in [2.24, 2.45) is 0 Å². The maximum absolute atomic E-state index is 13.7. The Morgan fingerprint density at radius 3 is 2.71 bits per heavy atom. The topological polar surface area (TPSA) is 12.0 Å². The van der Waals surface area contributed by atoms with Crippen LogP contribution in [0.25, 0.3) is 0 Å². The van der Waals surface area contributed by atoms with E-state index in [1.54, 1.807) is 6.07 Å². The number of hydrogen-bond donors (Lipinski definition) is 1. The van der Waals surface area contributed by atoms with Crippen molar-refractivity contribution in [3.8, 4) is 0 Å². The van der Waals surface area contributed by atoms with Crippen LogP contribution in [0.15, 0.2) is 34.8 Å². The standard InChI is InChI=1S/C17H21BrFNS/c1-3-10-20-15(16-9-8-13(4-2)21-16)11-12-6-5-7-14(19)17(12)18/h5-9,15,20H,3-4,10-11H2,1-2H3. The average Bonchev–Trinajstić information content (AvgIpc) is 2.96. The molecule has 0 fully saturated rings. The van der Waals surface area contributed by atoms with Crippen LogP contribution in [0.1, 0.15) is 41.6 Å². The maximum atomic E-state index is 13.7. The molecule has 1 nitrogen and oxygen atoms in total. The van der Waals surface area contributed by atoms with Crippen molar-refractivity contribution in [2.75, 3.05) is 6.54 Å². The molecule has 2 rings (SSSR count). The van der Waals surface area contributed by atoms with Crippen LogP contribution in [0.3, 0.4) is 0 Å². The predicted octanol–water partition coefficient (Wildman–Crippen LogP) is 5.50. The predicted molar refractivity (Wildman–Crippen MR) is 92.5 cm³/mol. The van der Waals surface area contributed by atoms with Crippen molar-refractivity contribution in [3.63, 3.8) is 0 Å². The minimum Gasteiger partial charge on any atom is -0.309 e. The summed E-state index contributed by atoms with van der Waals surface area (Å²) in [5.74, 6) is -0.192. The Kier molecular flexibility index (Phi) is 6.40. The molecule has 0 saturated carbocycles. The smallest absolute Gasteiger partial charge is 0.137 e. The summed E-state index contributed by atoms with van der Waals surface area (Å²) >= 11 is 5.22. The Morgan fingerprint density at radius 1 is 1.24 bits per heavy atom. The zero-order chi connectivity index (χ0) is 15.2. The summed E-state index contributed by atoms with van der Waals surface area (Å²) in [6, 6.07) is 9.89. The van der Waals surface area contributed by atoms with E-state index in [0.29, 0.717) is 4.47 Å². The lowest BCUT2D eigenvalue weighted by Gasteiger charge is -2.18. The van der Waals surface area contributed by atoms with E-state index in [1.807, 2.05) is 17.4 Å². The van der Waals surface area contributed by atoms with Crippen LogP contribution in [0, 0.1) is 5.82 Å². The fourth-order valence-corrected chi connectivity index (χ4v) is 3.74. The van der Waals surface area contributed by atoms with E-state index >= 15 is 0 Å². The van der Waals surface area contributed by atoms with Gasteiger partial charge in [-0.1, -0.05) is 26.0 Å². The number of halogens is 2. The minimum atomic E-state index is -0.192. The molecule has 0 amide bonds. The Bertz CT molecular complexity index is 582. The molecular weight excluding hydrogens is 349 g/mol. The molecule has 0 saturated heterocycles. The quantitative estimate of drug-likeness (QED) is 0.679. The average molecular weight is 370 g/mol. The van der Waals surface area contributed by atoms with Gasteiger partial charge in [0.15, 0.2) is 0 Å². The first kappa shape index (κ1) is 16.7. The molecular formula is C17H21BrFNS. The third-order valence-electron chi connectivity index (χ3n) is 3.47. The fraction of sp³-hybridized carbons (Fsp3) is 0.412. The normalized spacial score (nSPS) is 12.6. The summed E-state index contributed by atoms with van der Waals surface area (Å²) in [6.45, 7) is 5.30. The molecule has 0 radical (unpaired) electrons. The van der Waals surface area contributed by atoms with Gasteiger partial charge >= 0.3 is 0 Å². The molecule has 0 aliphatic heterocycles. The molecule has 1 heterocycles. The first-order valence-corrected chi connectivity index (χ1v) is 9.01. The van der Waals surface area contributed by atoms with Crippen LogP contribution in [-0.4, -0.2) is 6.54 Å². The number of nitrogens with one attached hydrogen (secondary N) is 1. The Hall–Kier alpha value is -0.710. The first-order chi connectivity index (χ1) is 10.2. The van der Waals surface area contributed by atoms with Gasteiger partial charge in [0, 0.05) is 15.8 Å². The summed E-state index contributed by atoms with van der Waals surface area (Å²) in [4.78, 5) is 2.73. The van der Waals surface area contributed by atoms with Gasteiger partial charge in [-0.15, -0.1) is 11.3 Å². The molecule has 1 aromatic carbocycles. The summed E-state index contributed by atoms with van der Waals surface area (Å²) in [6.07, 6.45) is 2.95. The van der Waals surface area contributed by atoms with E-state index in [2.05, 4.69) is 47.2 Å². The lowest BCUT2D eigenvalue weighted by Crippen LogP contribution is -2.23. The highest BCUT2D eigenvalue weighted by atomic mass is 79.9. The molecule has 1 atom stereocenters. The molecule has 0 spiro atoms.